The summed E-state index contributed by atoms with van der Waals surface area (Å²) in [6.07, 6.45) is 4.41. The number of hydrogen-bond donors (Lipinski definition) is 0. The van der Waals surface area contributed by atoms with Gasteiger partial charge in [-0.2, -0.15) is 4.98 Å². The predicted molar refractivity (Wildman–Crippen MR) is 119 cm³/mol. The first-order valence-electron chi connectivity index (χ1n) is 11.1. The maximum absolute atomic E-state index is 14.2. The zero-order valence-electron chi connectivity index (χ0n) is 17.6. The van der Waals surface area contributed by atoms with E-state index in [2.05, 4.69) is 9.80 Å². The van der Waals surface area contributed by atoms with Gasteiger partial charge in [0.1, 0.15) is 11.6 Å². The Bertz CT molecular complexity index is 1040. The summed E-state index contributed by atoms with van der Waals surface area (Å²) in [5, 5.41) is 0. The van der Waals surface area contributed by atoms with Gasteiger partial charge >= 0.3 is 0 Å². The normalized spacial score (nSPS) is 16.7. The van der Waals surface area contributed by atoms with Crippen LogP contribution < -0.4 is 9.64 Å². The maximum atomic E-state index is 14.2. The van der Waals surface area contributed by atoms with Crippen molar-refractivity contribution in [1.29, 1.82) is 0 Å². The number of halogens is 1. The highest BCUT2D eigenvalue weighted by atomic mass is 19.1. The van der Waals surface area contributed by atoms with E-state index in [0.717, 1.165) is 49.0 Å². The molecule has 3 aromatic rings. The third-order valence-corrected chi connectivity index (χ3v) is 6.04. The topological polar surface area (TPSA) is 41.5 Å². The molecule has 0 aliphatic carbocycles. The summed E-state index contributed by atoms with van der Waals surface area (Å²) >= 11 is 0. The molecule has 0 spiro atoms. The first kappa shape index (κ1) is 19.9. The van der Waals surface area contributed by atoms with Crippen LogP contribution in [0.5, 0.6) is 11.6 Å². The number of benzene rings is 2. The average molecular weight is 419 g/mol. The van der Waals surface area contributed by atoms with Crippen molar-refractivity contribution >= 4 is 5.95 Å². The molecule has 31 heavy (non-hydrogen) atoms. The lowest BCUT2D eigenvalue weighted by Crippen LogP contribution is -2.34. The van der Waals surface area contributed by atoms with Crippen molar-refractivity contribution in [3.05, 3.63) is 77.2 Å². The number of fused-ring (bicyclic) bond motifs is 1. The number of nitrogens with zero attached hydrogens (tertiary/aromatic N) is 4. The summed E-state index contributed by atoms with van der Waals surface area (Å²) in [5.41, 5.74) is 2.76. The molecule has 160 valence electrons. The van der Waals surface area contributed by atoms with E-state index in [-0.39, 0.29) is 5.82 Å². The molecule has 6 heteroatoms. The van der Waals surface area contributed by atoms with Gasteiger partial charge in [0.2, 0.25) is 11.8 Å². The molecule has 5 rings (SSSR count). The molecule has 1 saturated heterocycles. The van der Waals surface area contributed by atoms with Crippen LogP contribution in [0.2, 0.25) is 0 Å². The second kappa shape index (κ2) is 9.02. The van der Waals surface area contributed by atoms with Gasteiger partial charge in [-0.3, -0.25) is 4.90 Å². The van der Waals surface area contributed by atoms with E-state index in [1.807, 2.05) is 42.5 Å². The molecule has 0 bridgehead atoms. The largest absolute Gasteiger partial charge is 0.439 e. The Morgan fingerprint density at radius 1 is 0.871 bits per heavy atom. The van der Waals surface area contributed by atoms with Gasteiger partial charge in [0, 0.05) is 44.7 Å². The van der Waals surface area contributed by atoms with Gasteiger partial charge in [-0.1, -0.05) is 36.4 Å². The van der Waals surface area contributed by atoms with E-state index < -0.39 is 0 Å². The molecule has 1 aromatic heterocycles. The van der Waals surface area contributed by atoms with E-state index in [4.69, 9.17) is 14.7 Å². The molecular formula is C25H27FN4O. The van der Waals surface area contributed by atoms with Crippen LogP contribution in [-0.2, 0) is 19.5 Å². The first-order valence-corrected chi connectivity index (χ1v) is 11.1. The van der Waals surface area contributed by atoms with Crippen LogP contribution in [0.25, 0.3) is 0 Å². The lowest BCUT2D eigenvalue weighted by Gasteiger charge is -2.32. The Morgan fingerprint density at radius 2 is 1.65 bits per heavy atom. The van der Waals surface area contributed by atoms with Crippen molar-refractivity contribution in [2.75, 3.05) is 24.5 Å². The molecule has 0 unspecified atom stereocenters. The fourth-order valence-electron chi connectivity index (χ4n) is 4.35. The molecule has 0 amide bonds. The summed E-state index contributed by atoms with van der Waals surface area (Å²) < 4.78 is 20.4. The van der Waals surface area contributed by atoms with Gasteiger partial charge in [-0.25, -0.2) is 9.37 Å². The van der Waals surface area contributed by atoms with Crippen LogP contribution in [0.4, 0.5) is 10.3 Å². The predicted octanol–water partition coefficient (Wildman–Crippen LogP) is 4.96. The van der Waals surface area contributed by atoms with Crippen LogP contribution in [0.1, 0.15) is 36.1 Å². The molecule has 0 radical (unpaired) electrons. The number of aromatic nitrogens is 2. The van der Waals surface area contributed by atoms with Crippen LogP contribution in [-0.4, -0.2) is 34.5 Å². The first-order chi connectivity index (χ1) is 15.3. The van der Waals surface area contributed by atoms with Gasteiger partial charge in [-0.05, 0) is 37.5 Å². The van der Waals surface area contributed by atoms with Crippen LogP contribution in [0.15, 0.2) is 54.6 Å². The Hall–Kier alpha value is -2.99. The van der Waals surface area contributed by atoms with E-state index in [0.29, 0.717) is 24.5 Å². The lowest BCUT2D eigenvalue weighted by molar-refractivity contribution is 0.235. The third-order valence-electron chi connectivity index (χ3n) is 6.04. The van der Waals surface area contributed by atoms with Crippen molar-refractivity contribution in [2.45, 2.75) is 38.8 Å². The third kappa shape index (κ3) is 4.54. The Labute approximate surface area is 182 Å². The Kier molecular flexibility index (Phi) is 5.80. The van der Waals surface area contributed by atoms with Crippen LogP contribution in [0, 0.1) is 5.82 Å². The van der Waals surface area contributed by atoms with Crippen molar-refractivity contribution in [1.82, 2.24) is 14.9 Å². The number of rotatable bonds is 5. The number of ether oxygens (including phenoxy) is 1. The fraction of sp³-hybridized carbons (Fsp3) is 0.360. The number of hydrogen-bond acceptors (Lipinski definition) is 5. The number of piperidine rings is 1. The zero-order valence-corrected chi connectivity index (χ0v) is 17.6. The number of para-hydroxylation sites is 1. The van der Waals surface area contributed by atoms with Crippen molar-refractivity contribution < 1.29 is 9.13 Å². The van der Waals surface area contributed by atoms with Gasteiger partial charge in [0.15, 0.2) is 0 Å². The standard InChI is InChI=1S/C25H27FN4O/c26-22-12-6-5-9-19(22)17-29-16-13-23-21(18-29)24(31-20-10-3-1-4-11-20)28-25(27-23)30-14-7-2-8-15-30/h1,3-6,9-12H,2,7-8,13-18H2. The SMILES string of the molecule is Fc1ccccc1CN1CCc2nc(N3CCCCC3)nc(Oc3ccccc3)c2C1. The minimum Gasteiger partial charge on any atom is -0.439 e. The second-order valence-corrected chi connectivity index (χ2v) is 8.27. The summed E-state index contributed by atoms with van der Waals surface area (Å²) in [7, 11) is 0. The van der Waals surface area contributed by atoms with E-state index in [9.17, 15) is 4.39 Å². The minimum atomic E-state index is -0.161. The van der Waals surface area contributed by atoms with E-state index in [1.165, 1.54) is 25.3 Å². The number of anilines is 1. The molecule has 3 heterocycles. The van der Waals surface area contributed by atoms with Crippen molar-refractivity contribution in [3.8, 4) is 11.6 Å². The van der Waals surface area contributed by atoms with E-state index in [1.54, 1.807) is 6.07 Å². The molecule has 2 aliphatic heterocycles. The second-order valence-electron chi connectivity index (χ2n) is 8.27. The summed E-state index contributed by atoms with van der Waals surface area (Å²) in [5.74, 6) is 1.99. The van der Waals surface area contributed by atoms with Gasteiger partial charge < -0.3 is 9.64 Å². The Balaban J connectivity index is 1.45. The van der Waals surface area contributed by atoms with Gasteiger partial charge in [0.25, 0.3) is 0 Å². The van der Waals surface area contributed by atoms with Crippen LogP contribution >= 0.6 is 0 Å². The van der Waals surface area contributed by atoms with Crippen molar-refractivity contribution in [2.24, 2.45) is 0 Å². The molecule has 0 N–H and O–H groups in total. The molecule has 2 aliphatic rings. The molecule has 0 saturated carbocycles. The highest BCUT2D eigenvalue weighted by Crippen LogP contribution is 2.32. The monoisotopic (exact) mass is 418 g/mol. The molecule has 0 atom stereocenters. The summed E-state index contributed by atoms with van der Waals surface area (Å²) in [4.78, 5) is 14.3. The molecule has 1 fully saturated rings. The quantitative estimate of drug-likeness (QED) is 0.586. The van der Waals surface area contributed by atoms with E-state index >= 15 is 0 Å². The molecule has 5 nitrogen and oxygen atoms in total. The summed E-state index contributed by atoms with van der Waals surface area (Å²) in [6.45, 7) is 4.02. The van der Waals surface area contributed by atoms with Crippen molar-refractivity contribution in [3.63, 3.8) is 0 Å². The maximum Gasteiger partial charge on any atom is 0.228 e. The zero-order chi connectivity index (χ0) is 21.0. The summed E-state index contributed by atoms with van der Waals surface area (Å²) in [6, 6.07) is 16.7. The smallest absolute Gasteiger partial charge is 0.228 e. The lowest BCUT2D eigenvalue weighted by atomic mass is 10.1. The highest BCUT2D eigenvalue weighted by Gasteiger charge is 2.26. The Morgan fingerprint density at radius 3 is 2.45 bits per heavy atom. The van der Waals surface area contributed by atoms with Gasteiger partial charge in [-0.15, -0.1) is 0 Å². The fourth-order valence-corrected chi connectivity index (χ4v) is 4.35. The minimum absolute atomic E-state index is 0.161. The van der Waals surface area contributed by atoms with Crippen LogP contribution in [0.3, 0.4) is 0 Å². The average Bonchev–Trinajstić information content (AvgIpc) is 2.82. The highest BCUT2D eigenvalue weighted by molar-refractivity contribution is 5.43. The molecule has 2 aromatic carbocycles. The van der Waals surface area contributed by atoms with Gasteiger partial charge in [0.05, 0.1) is 11.3 Å². The molecular weight excluding hydrogens is 391 g/mol.